The lowest BCUT2D eigenvalue weighted by molar-refractivity contribution is -0.136. The summed E-state index contributed by atoms with van der Waals surface area (Å²) in [6.07, 6.45) is 7.43. The highest BCUT2D eigenvalue weighted by Crippen LogP contribution is 2.29. The minimum Gasteiger partial charge on any atom is -0.481 e. The molecule has 0 amide bonds. The molecule has 0 bridgehead atoms. The number of pyridine rings is 1. The van der Waals surface area contributed by atoms with E-state index in [9.17, 15) is 4.79 Å². The van der Waals surface area contributed by atoms with Crippen molar-refractivity contribution in [1.82, 2.24) is 15.0 Å². The van der Waals surface area contributed by atoms with E-state index in [0.717, 1.165) is 54.5 Å². The molecule has 0 aliphatic heterocycles. The Balaban J connectivity index is 1.26. The van der Waals surface area contributed by atoms with Crippen molar-refractivity contribution >= 4 is 40.2 Å². The van der Waals surface area contributed by atoms with Gasteiger partial charge in [0.1, 0.15) is 5.82 Å². The van der Waals surface area contributed by atoms with Gasteiger partial charge in [-0.2, -0.15) is 0 Å². The maximum Gasteiger partial charge on any atom is 0.307 e. The van der Waals surface area contributed by atoms with E-state index in [-0.39, 0.29) is 6.42 Å². The summed E-state index contributed by atoms with van der Waals surface area (Å²) in [5, 5.41) is 17.4. The second kappa shape index (κ2) is 9.47. The Kier molecular flexibility index (Phi) is 6.51. The average Bonchev–Trinajstić information content (AvgIpc) is 2.77. The zero-order valence-corrected chi connectivity index (χ0v) is 18.2. The van der Waals surface area contributed by atoms with Crippen molar-refractivity contribution in [2.24, 2.45) is 5.92 Å². The van der Waals surface area contributed by atoms with Crippen molar-refractivity contribution in [2.75, 3.05) is 17.2 Å². The second-order valence-electron chi connectivity index (χ2n) is 8.19. The van der Waals surface area contributed by atoms with Crippen molar-refractivity contribution in [3.05, 3.63) is 52.8 Å². The monoisotopic (exact) mass is 439 g/mol. The Morgan fingerprint density at radius 3 is 2.55 bits per heavy atom. The summed E-state index contributed by atoms with van der Waals surface area (Å²) in [6, 6.07) is 8.55. The number of carbonyl (C=O) groups is 1. The summed E-state index contributed by atoms with van der Waals surface area (Å²) in [6.45, 7) is 2.81. The van der Waals surface area contributed by atoms with Gasteiger partial charge in [-0.05, 0) is 56.2 Å². The zero-order valence-electron chi connectivity index (χ0n) is 17.4. The quantitative estimate of drug-likeness (QED) is 0.490. The average molecular weight is 440 g/mol. The number of benzene rings is 1. The number of carboxylic acids is 1. The van der Waals surface area contributed by atoms with Crippen LogP contribution in [0.4, 0.5) is 11.8 Å². The number of carboxylic acid groups (broad SMARTS) is 1. The molecule has 0 spiro atoms. The molecule has 3 aromatic rings. The highest BCUT2D eigenvalue weighted by molar-refractivity contribution is 6.35. The number of rotatable bonds is 7. The smallest absolute Gasteiger partial charge is 0.307 e. The molecule has 8 heteroatoms. The molecule has 7 nitrogen and oxygen atoms in total. The highest BCUT2D eigenvalue weighted by Gasteiger charge is 2.21. The summed E-state index contributed by atoms with van der Waals surface area (Å²) in [7, 11) is 0. The van der Waals surface area contributed by atoms with Crippen LogP contribution in [0.5, 0.6) is 0 Å². The van der Waals surface area contributed by atoms with E-state index >= 15 is 0 Å². The van der Waals surface area contributed by atoms with Crippen LogP contribution in [-0.2, 0) is 11.2 Å². The molecule has 1 aliphatic carbocycles. The Labute approximate surface area is 186 Å². The number of nitrogens with zero attached hydrogens (tertiary/aromatic N) is 3. The van der Waals surface area contributed by atoms with Crippen LogP contribution in [0, 0.1) is 12.8 Å². The molecule has 3 N–H and O–H groups in total. The third-order valence-electron chi connectivity index (χ3n) is 5.80. The number of hydrogen-bond donors (Lipinski definition) is 3. The van der Waals surface area contributed by atoms with Gasteiger partial charge in [0.25, 0.3) is 0 Å². The molecule has 0 saturated heterocycles. The fraction of sp³-hybridized carbons (Fsp3) is 0.391. The molecule has 2 heterocycles. The largest absolute Gasteiger partial charge is 0.481 e. The van der Waals surface area contributed by atoms with Gasteiger partial charge in [0, 0.05) is 35.9 Å². The molecule has 0 unspecified atom stereocenters. The first-order valence-electron chi connectivity index (χ1n) is 10.6. The number of aromatic nitrogens is 3. The molecule has 31 heavy (non-hydrogen) atoms. The van der Waals surface area contributed by atoms with E-state index in [1.54, 1.807) is 12.4 Å². The van der Waals surface area contributed by atoms with Crippen molar-refractivity contribution in [1.29, 1.82) is 0 Å². The number of anilines is 2. The van der Waals surface area contributed by atoms with E-state index in [4.69, 9.17) is 21.7 Å². The van der Waals surface area contributed by atoms with E-state index in [0.29, 0.717) is 28.5 Å². The van der Waals surface area contributed by atoms with Gasteiger partial charge in [0.05, 0.1) is 17.0 Å². The maximum atomic E-state index is 10.7. The van der Waals surface area contributed by atoms with Crippen LogP contribution in [0.2, 0.25) is 5.02 Å². The summed E-state index contributed by atoms with van der Waals surface area (Å²) in [5.41, 5.74) is 2.48. The van der Waals surface area contributed by atoms with Crippen molar-refractivity contribution in [3.63, 3.8) is 0 Å². The van der Waals surface area contributed by atoms with Gasteiger partial charge in [0.2, 0.25) is 5.95 Å². The molecule has 1 aromatic carbocycles. The Hall–Kier alpha value is -2.93. The minimum absolute atomic E-state index is 0.0603. The Morgan fingerprint density at radius 1 is 1.13 bits per heavy atom. The lowest BCUT2D eigenvalue weighted by Crippen LogP contribution is -2.29. The lowest BCUT2D eigenvalue weighted by atomic mass is 9.86. The van der Waals surface area contributed by atoms with E-state index in [1.807, 2.05) is 19.1 Å². The van der Waals surface area contributed by atoms with Gasteiger partial charge in [-0.15, -0.1) is 0 Å². The summed E-state index contributed by atoms with van der Waals surface area (Å²) in [4.78, 5) is 23.9. The summed E-state index contributed by atoms with van der Waals surface area (Å²) >= 11 is 6.44. The molecular weight excluding hydrogens is 414 g/mol. The Morgan fingerprint density at radius 2 is 1.84 bits per heavy atom. The van der Waals surface area contributed by atoms with Crippen LogP contribution < -0.4 is 10.6 Å². The second-order valence-corrected chi connectivity index (χ2v) is 8.57. The van der Waals surface area contributed by atoms with Crippen molar-refractivity contribution in [3.8, 4) is 0 Å². The number of halogens is 1. The predicted octanol–water partition coefficient (Wildman–Crippen LogP) is 4.70. The first kappa shape index (κ1) is 21.3. The summed E-state index contributed by atoms with van der Waals surface area (Å²) in [5.74, 6) is 1.09. The van der Waals surface area contributed by atoms with Gasteiger partial charge in [-0.1, -0.05) is 23.7 Å². The molecular formula is C23H26ClN5O2. The highest BCUT2D eigenvalue weighted by atomic mass is 35.5. The number of aryl methyl sites for hydroxylation is 1. The molecule has 1 aliphatic rings. The molecule has 1 fully saturated rings. The Bertz CT molecular complexity index is 1070. The van der Waals surface area contributed by atoms with Gasteiger partial charge >= 0.3 is 5.97 Å². The number of fused-ring (bicyclic) bond motifs is 1. The molecule has 4 rings (SSSR count). The van der Waals surface area contributed by atoms with Gasteiger partial charge in [0.15, 0.2) is 0 Å². The first-order valence-corrected chi connectivity index (χ1v) is 10.9. The maximum absolute atomic E-state index is 10.7. The molecule has 1 saturated carbocycles. The van der Waals surface area contributed by atoms with E-state index in [1.165, 1.54) is 0 Å². The van der Waals surface area contributed by atoms with Crippen LogP contribution in [0.15, 0.2) is 36.7 Å². The van der Waals surface area contributed by atoms with Crippen molar-refractivity contribution in [2.45, 2.75) is 45.1 Å². The number of aliphatic carboxylic acids is 1. The fourth-order valence-corrected chi connectivity index (χ4v) is 4.22. The molecule has 0 atom stereocenters. The minimum atomic E-state index is -0.883. The normalized spacial score (nSPS) is 18.6. The third kappa shape index (κ3) is 5.41. The number of nitrogens with one attached hydrogen (secondary N) is 2. The van der Waals surface area contributed by atoms with Crippen LogP contribution in [0.25, 0.3) is 10.9 Å². The standard InChI is InChI=1S/C23H26ClN5O2/c1-14-2-5-17-6-9-19(29-22(17)21(14)24)28-18-7-3-15(4-8-18)11-25-23-26-12-16(13-27-23)10-20(30)31/h2,5-6,9,12-13,15,18H,3-4,7-8,10-11H2,1H3,(H,28,29)(H,30,31)(H,25,26,27)/t15-,18-. The molecule has 2 aromatic heterocycles. The van der Waals surface area contributed by atoms with Crippen LogP contribution in [0.3, 0.4) is 0 Å². The first-order chi connectivity index (χ1) is 15.0. The topological polar surface area (TPSA) is 100 Å². The van der Waals surface area contributed by atoms with E-state index in [2.05, 4.69) is 32.7 Å². The van der Waals surface area contributed by atoms with Crippen molar-refractivity contribution < 1.29 is 9.90 Å². The van der Waals surface area contributed by atoms with Crippen LogP contribution >= 0.6 is 11.6 Å². The summed E-state index contributed by atoms with van der Waals surface area (Å²) < 4.78 is 0. The third-order valence-corrected chi connectivity index (χ3v) is 6.28. The van der Waals surface area contributed by atoms with Crippen LogP contribution in [-0.4, -0.2) is 38.6 Å². The number of hydrogen-bond acceptors (Lipinski definition) is 6. The molecule has 0 radical (unpaired) electrons. The predicted molar refractivity (Wildman–Crippen MR) is 123 cm³/mol. The van der Waals surface area contributed by atoms with Gasteiger partial charge in [-0.25, -0.2) is 15.0 Å². The molecule has 162 valence electrons. The fourth-order valence-electron chi connectivity index (χ4n) is 4.00. The SMILES string of the molecule is Cc1ccc2ccc(N[C@H]3CC[C@H](CNc4ncc(CC(=O)O)cn4)CC3)nc2c1Cl. The van der Waals surface area contributed by atoms with Gasteiger partial charge < -0.3 is 15.7 Å². The van der Waals surface area contributed by atoms with Crippen LogP contribution in [0.1, 0.15) is 36.8 Å². The zero-order chi connectivity index (χ0) is 21.8. The lowest BCUT2D eigenvalue weighted by Gasteiger charge is -2.29. The van der Waals surface area contributed by atoms with E-state index < -0.39 is 5.97 Å². The van der Waals surface area contributed by atoms with Gasteiger partial charge in [-0.3, -0.25) is 4.79 Å².